The maximum atomic E-state index is 13.0. The van der Waals surface area contributed by atoms with Crippen LogP contribution in [0.1, 0.15) is 11.1 Å². The van der Waals surface area contributed by atoms with Crippen LogP contribution >= 0.6 is 23.8 Å². The molecule has 4 aromatic rings. The monoisotopic (exact) mass is 438 g/mol. The zero-order valence-electron chi connectivity index (χ0n) is 15.6. The van der Waals surface area contributed by atoms with Gasteiger partial charge in [-0.25, -0.2) is 9.49 Å². The van der Waals surface area contributed by atoms with Crippen molar-refractivity contribution < 1.29 is 9.13 Å². The molecule has 0 saturated carbocycles. The van der Waals surface area contributed by atoms with Crippen LogP contribution in [0.5, 0.6) is 5.75 Å². The van der Waals surface area contributed by atoms with Crippen LogP contribution in [-0.2, 0) is 6.61 Å². The van der Waals surface area contributed by atoms with Crippen molar-refractivity contribution >= 4 is 30.0 Å². The third kappa shape index (κ3) is 4.64. The second kappa shape index (κ2) is 9.02. The van der Waals surface area contributed by atoms with Crippen molar-refractivity contribution in [1.29, 1.82) is 0 Å². The zero-order chi connectivity index (χ0) is 20.9. The van der Waals surface area contributed by atoms with Gasteiger partial charge in [0.25, 0.3) is 0 Å². The van der Waals surface area contributed by atoms with E-state index in [1.54, 1.807) is 35.2 Å². The second-order valence-electron chi connectivity index (χ2n) is 6.38. The molecule has 0 unspecified atom stereocenters. The first-order valence-electron chi connectivity index (χ1n) is 9.04. The highest BCUT2D eigenvalue weighted by Gasteiger charge is 2.08. The fraction of sp³-hybridized carbons (Fsp3) is 0.0455. The van der Waals surface area contributed by atoms with Gasteiger partial charge in [-0.3, -0.25) is 0 Å². The summed E-state index contributed by atoms with van der Waals surface area (Å²) in [6.45, 7) is 0.290. The lowest BCUT2D eigenvalue weighted by Crippen LogP contribution is -1.97. The molecule has 8 heteroatoms. The molecule has 1 aromatic heterocycles. The minimum Gasteiger partial charge on any atom is -0.487 e. The minimum atomic E-state index is -0.284. The Morgan fingerprint density at radius 3 is 2.60 bits per heavy atom. The molecule has 0 amide bonds. The van der Waals surface area contributed by atoms with Gasteiger partial charge < -0.3 is 4.74 Å². The lowest BCUT2D eigenvalue weighted by atomic mass is 10.2. The fourth-order valence-electron chi connectivity index (χ4n) is 2.75. The van der Waals surface area contributed by atoms with E-state index >= 15 is 0 Å². The predicted octanol–water partition coefficient (Wildman–Crippen LogP) is 5.86. The first-order chi connectivity index (χ1) is 14.6. The Kier molecular flexibility index (Phi) is 6.02. The van der Waals surface area contributed by atoms with Gasteiger partial charge in [0.05, 0.1) is 11.2 Å². The molecule has 0 aliphatic rings. The number of ether oxygens (including phenoxy) is 1. The van der Waals surface area contributed by atoms with Crippen molar-refractivity contribution in [3.8, 4) is 17.1 Å². The van der Waals surface area contributed by atoms with Crippen LogP contribution in [0.3, 0.4) is 0 Å². The Morgan fingerprint density at radius 2 is 1.87 bits per heavy atom. The van der Waals surface area contributed by atoms with Crippen LogP contribution in [0.15, 0.2) is 77.9 Å². The van der Waals surface area contributed by atoms with Gasteiger partial charge in [-0.15, -0.1) is 0 Å². The summed E-state index contributed by atoms with van der Waals surface area (Å²) in [6.07, 6.45) is 1.65. The van der Waals surface area contributed by atoms with E-state index in [0.29, 0.717) is 21.4 Å². The number of benzene rings is 3. The first kappa shape index (κ1) is 20.0. The molecule has 0 spiro atoms. The van der Waals surface area contributed by atoms with Crippen LogP contribution in [0.4, 0.5) is 4.39 Å². The molecule has 0 radical (unpaired) electrons. The number of nitrogens with one attached hydrogen (secondary N) is 1. The highest BCUT2D eigenvalue weighted by molar-refractivity contribution is 7.71. The molecule has 0 atom stereocenters. The summed E-state index contributed by atoms with van der Waals surface area (Å²) in [6, 6.07) is 21.1. The second-order valence-corrected chi connectivity index (χ2v) is 7.17. The SMILES string of the molecule is Fc1ccc(COc2ccc(/C=N\n3c(-c4ccccc4)n[nH]c3=S)cc2Cl)cc1. The van der Waals surface area contributed by atoms with Crippen LogP contribution in [0.2, 0.25) is 5.02 Å². The molecule has 0 fully saturated rings. The normalized spacial score (nSPS) is 11.1. The van der Waals surface area contributed by atoms with Crippen LogP contribution in [0.25, 0.3) is 11.4 Å². The molecule has 5 nitrogen and oxygen atoms in total. The van der Waals surface area contributed by atoms with E-state index in [0.717, 1.165) is 16.7 Å². The molecule has 30 heavy (non-hydrogen) atoms. The van der Waals surface area contributed by atoms with Crippen molar-refractivity contribution in [1.82, 2.24) is 14.9 Å². The Hall–Kier alpha value is -3.29. The number of rotatable bonds is 6. The summed E-state index contributed by atoms with van der Waals surface area (Å²) in [5, 5.41) is 11.9. The highest BCUT2D eigenvalue weighted by Crippen LogP contribution is 2.26. The van der Waals surface area contributed by atoms with Crippen LogP contribution in [0, 0.1) is 10.6 Å². The summed E-state index contributed by atoms with van der Waals surface area (Å²) < 4.78 is 20.7. The van der Waals surface area contributed by atoms with Gasteiger partial charge in [-0.2, -0.15) is 14.9 Å². The highest BCUT2D eigenvalue weighted by atomic mass is 35.5. The quantitative estimate of drug-likeness (QED) is 0.303. The molecule has 150 valence electrons. The van der Waals surface area contributed by atoms with Crippen molar-refractivity contribution in [2.75, 3.05) is 0 Å². The number of hydrogen-bond acceptors (Lipinski definition) is 4. The summed E-state index contributed by atoms with van der Waals surface area (Å²) in [7, 11) is 0. The van der Waals surface area contributed by atoms with Gasteiger partial charge in [0.1, 0.15) is 18.2 Å². The largest absolute Gasteiger partial charge is 0.487 e. The number of H-pyrrole nitrogens is 1. The summed E-state index contributed by atoms with van der Waals surface area (Å²) in [4.78, 5) is 0. The van der Waals surface area contributed by atoms with Gasteiger partial charge in [0, 0.05) is 5.56 Å². The Bertz CT molecular complexity index is 1240. The molecule has 0 aliphatic carbocycles. The first-order valence-corrected chi connectivity index (χ1v) is 9.83. The van der Waals surface area contributed by atoms with Gasteiger partial charge in [0.15, 0.2) is 5.82 Å². The maximum absolute atomic E-state index is 13.0. The molecular formula is C22H16ClFN4OS. The summed E-state index contributed by atoms with van der Waals surface area (Å²) >= 11 is 11.6. The number of nitrogens with zero attached hydrogens (tertiary/aromatic N) is 3. The lowest BCUT2D eigenvalue weighted by Gasteiger charge is -2.08. The number of aromatic nitrogens is 3. The molecule has 1 N–H and O–H groups in total. The van der Waals surface area contributed by atoms with Crippen LogP contribution < -0.4 is 4.74 Å². The number of aromatic amines is 1. The Morgan fingerprint density at radius 1 is 1.10 bits per heavy atom. The fourth-order valence-corrected chi connectivity index (χ4v) is 3.18. The maximum Gasteiger partial charge on any atom is 0.216 e. The molecule has 4 rings (SSSR count). The third-order valence-electron chi connectivity index (χ3n) is 4.27. The van der Waals surface area contributed by atoms with Crippen molar-refractivity contribution in [2.24, 2.45) is 5.10 Å². The van der Waals surface area contributed by atoms with Crippen molar-refractivity contribution in [2.45, 2.75) is 6.61 Å². The molecule has 0 aliphatic heterocycles. The average molecular weight is 439 g/mol. The molecule has 0 bridgehead atoms. The molecule has 0 saturated heterocycles. The van der Waals surface area contributed by atoms with E-state index in [2.05, 4.69) is 15.3 Å². The van der Waals surface area contributed by atoms with E-state index in [1.807, 2.05) is 36.4 Å². The van der Waals surface area contributed by atoms with Crippen molar-refractivity contribution in [3.63, 3.8) is 0 Å². The Balaban J connectivity index is 1.50. The summed E-state index contributed by atoms with van der Waals surface area (Å²) in [5.74, 6) is 0.860. The van der Waals surface area contributed by atoms with Gasteiger partial charge in [-0.05, 0) is 53.7 Å². The molecule has 1 heterocycles. The predicted molar refractivity (Wildman–Crippen MR) is 118 cm³/mol. The smallest absolute Gasteiger partial charge is 0.216 e. The van der Waals surface area contributed by atoms with Gasteiger partial charge in [-0.1, -0.05) is 54.1 Å². The zero-order valence-corrected chi connectivity index (χ0v) is 17.2. The lowest BCUT2D eigenvalue weighted by molar-refractivity contribution is 0.306. The average Bonchev–Trinajstić information content (AvgIpc) is 3.13. The van der Waals surface area contributed by atoms with Gasteiger partial charge >= 0.3 is 0 Å². The minimum absolute atomic E-state index is 0.284. The number of hydrogen-bond donors (Lipinski definition) is 1. The number of halogens is 2. The third-order valence-corrected chi connectivity index (χ3v) is 4.83. The van der Waals surface area contributed by atoms with E-state index in [9.17, 15) is 4.39 Å². The van der Waals surface area contributed by atoms with E-state index in [4.69, 9.17) is 28.6 Å². The Labute approximate surface area is 182 Å². The molecular weight excluding hydrogens is 423 g/mol. The van der Waals surface area contributed by atoms with Crippen LogP contribution in [-0.4, -0.2) is 21.1 Å². The molecule has 3 aromatic carbocycles. The van der Waals surface area contributed by atoms with E-state index in [1.165, 1.54) is 12.1 Å². The van der Waals surface area contributed by atoms with Crippen molar-refractivity contribution in [3.05, 3.63) is 99.5 Å². The topological polar surface area (TPSA) is 55.2 Å². The van der Waals surface area contributed by atoms with E-state index in [-0.39, 0.29) is 12.4 Å². The standard InChI is InChI=1S/C22H16ClFN4OS/c23-19-12-16(8-11-20(19)29-14-15-6-9-18(24)10-7-15)13-25-28-21(26-27-22(28)30)17-4-2-1-3-5-17/h1-13H,14H2,(H,27,30)/b25-13-. The summed E-state index contributed by atoms with van der Waals surface area (Å²) in [5.41, 5.74) is 2.52. The van der Waals surface area contributed by atoms with Gasteiger partial charge in [0.2, 0.25) is 4.77 Å². The van der Waals surface area contributed by atoms with E-state index < -0.39 is 0 Å².